The molecule has 0 bridgehead atoms. The minimum Gasteiger partial charge on any atom is -0.481 e. The van der Waals surface area contributed by atoms with Gasteiger partial charge in [0.1, 0.15) is 5.69 Å². The summed E-state index contributed by atoms with van der Waals surface area (Å²) in [6, 6.07) is 5.41. The molecule has 0 radical (unpaired) electrons. The van der Waals surface area contributed by atoms with E-state index in [1.807, 2.05) is 19.1 Å². The van der Waals surface area contributed by atoms with Crippen molar-refractivity contribution in [3.63, 3.8) is 0 Å². The number of allylic oxidation sites excluding steroid dienone is 1. The highest BCUT2D eigenvalue weighted by molar-refractivity contribution is 6.08. The van der Waals surface area contributed by atoms with Crippen LogP contribution in [0.5, 0.6) is 11.8 Å². The Kier molecular flexibility index (Phi) is 5.21. The zero-order chi connectivity index (χ0) is 21.1. The second-order valence-electron chi connectivity index (χ2n) is 6.48. The van der Waals surface area contributed by atoms with E-state index in [0.29, 0.717) is 29.6 Å². The summed E-state index contributed by atoms with van der Waals surface area (Å²) in [6.07, 6.45) is 5.56. The van der Waals surface area contributed by atoms with Crippen molar-refractivity contribution in [3.05, 3.63) is 48.2 Å². The molecule has 152 valence electrons. The molecule has 1 aliphatic rings. The van der Waals surface area contributed by atoms with Gasteiger partial charge in [0.25, 0.3) is 5.88 Å². The average molecular weight is 404 g/mol. The van der Waals surface area contributed by atoms with E-state index in [1.54, 1.807) is 31.8 Å². The van der Waals surface area contributed by atoms with Gasteiger partial charge in [-0.25, -0.2) is 24.9 Å². The first-order chi connectivity index (χ1) is 14.6. The fourth-order valence-corrected chi connectivity index (χ4v) is 3.02. The highest BCUT2D eigenvalue weighted by atomic mass is 16.5. The molecule has 0 fully saturated rings. The first kappa shape index (κ1) is 19.2. The standard InChI is InChI=1S/C20H20N8O2/c1-11-8-13(17(25-11)15-10-24-18(21)19(27-15)30-3)14-5-7-23-20(28-14)26-12-4-6-22-16(9-12)29-2/h4-7,9-10H,8H2,1-3H3,(H2,21,24)(H,22,23,26,28). The van der Waals surface area contributed by atoms with E-state index in [2.05, 4.69) is 35.2 Å². The summed E-state index contributed by atoms with van der Waals surface area (Å²) in [5, 5.41) is 3.17. The molecule has 4 rings (SSSR count). The molecular formula is C20H20N8O2. The lowest BCUT2D eigenvalue weighted by Gasteiger charge is -2.10. The number of hydrogen-bond donors (Lipinski definition) is 2. The number of nitrogens with two attached hydrogens (primary N) is 1. The second kappa shape index (κ2) is 8.11. The van der Waals surface area contributed by atoms with E-state index in [4.69, 9.17) is 15.2 Å². The van der Waals surface area contributed by atoms with Crippen LogP contribution in [0.4, 0.5) is 17.5 Å². The molecule has 0 saturated heterocycles. The number of nitrogen functional groups attached to an aromatic ring is 1. The van der Waals surface area contributed by atoms with Gasteiger partial charge in [0, 0.05) is 41.9 Å². The van der Waals surface area contributed by atoms with Crippen molar-refractivity contribution in [3.8, 4) is 11.8 Å². The topological polar surface area (TPSA) is 133 Å². The normalized spacial score (nSPS) is 13.2. The third kappa shape index (κ3) is 3.88. The van der Waals surface area contributed by atoms with Gasteiger partial charge in [0.15, 0.2) is 5.82 Å². The summed E-state index contributed by atoms with van der Waals surface area (Å²) < 4.78 is 10.3. The first-order valence-corrected chi connectivity index (χ1v) is 9.12. The summed E-state index contributed by atoms with van der Waals surface area (Å²) in [4.78, 5) is 26.3. The molecule has 0 saturated carbocycles. The number of methoxy groups -OCH3 is 2. The number of nitrogens with one attached hydrogen (secondary N) is 1. The van der Waals surface area contributed by atoms with E-state index in [-0.39, 0.29) is 11.7 Å². The van der Waals surface area contributed by atoms with Gasteiger partial charge >= 0.3 is 0 Å². The van der Waals surface area contributed by atoms with E-state index >= 15 is 0 Å². The molecule has 10 nitrogen and oxygen atoms in total. The monoisotopic (exact) mass is 404 g/mol. The van der Waals surface area contributed by atoms with Gasteiger partial charge in [-0.3, -0.25) is 4.99 Å². The maximum atomic E-state index is 5.79. The van der Waals surface area contributed by atoms with Crippen molar-refractivity contribution in [2.24, 2.45) is 4.99 Å². The fraction of sp³-hybridized carbons (Fsp3) is 0.200. The van der Waals surface area contributed by atoms with Gasteiger partial charge in [-0.05, 0) is 19.1 Å². The summed E-state index contributed by atoms with van der Waals surface area (Å²) in [5.74, 6) is 1.43. The number of nitrogens with zero attached hydrogens (tertiary/aromatic N) is 6. The van der Waals surface area contributed by atoms with E-state index in [0.717, 1.165) is 22.7 Å². The van der Waals surface area contributed by atoms with Crippen LogP contribution in [0, 0.1) is 0 Å². The quantitative estimate of drug-likeness (QED) is 0.636. The van der Waals surface area contributed by atoms with Crippen LogP contribution in [0.25, 0.3) is 11.3 Å². The lowest BCUT2D eigenvalue weighted by molar-refractivity contribution is 0.398. The Balaban J connectivity index is 1.70. The lowest BCUT2D eigenvalue weighted by Crippen LogP contribution is -2.02. The van der Waals surface area contributed by atoms with Crippen LogP contribution in [0.2, 0.25) is 0 Å². The minimum atomic E-state index is 0.225. The smallest absolute Gasteiger partial charge is 0.257 e. The zero-order valence-corrected chi connectivity index (χ0v) is 16.7. The molecule has 0 amide bonds. The molecule has 0 atom stereocenters. The Morgan fingerprint density at radius 3 is 2.63 bits per heavy atom. The van der Waals surface area contributed by atoms with Crippen LogP contribution >= 0.6 is 0 Å². The Morgan fingerprint density at radius 2 is 1.83 bits per heavy atom. The maximum Gasteiger partial charge on any atom is 0.257 e. The summed E-state index contributed by atoms with van der Waals surface area (Å²) >= 11 is 0. The Bertz CT molecular complexity index is 1160. The number of ether oxygens (including phenoxy) is 2. The Labute approximate surface area is 173 Å². The molecule has 1 aliphatic heterocycles. The van der Waals surface area contributed by atoms with Gasteiger partial charge in [0.2, 0.25) is 11.8 Å². The fourth-order valence-electron chi connectivity index (χ4n) is 3.02. The first-order valence-electron chi connectivity index (χ1n) is 9.12. The molecule has 0 spiro atoms. The molecule has 30 heavy (non-hydrogen) atoms. The van der Waals surface area contributed by atoms with Crippen molar-refractivity contribution < 1.29 is 9.47 Å². The molecular weight excluding hydrogens is 384 g/mol. The van der Waals surface area contributed by atoms with Gasteiger partial charge in [-0.1, -0.05) is 0 Å². The Hall–Kier alpha value is -4.08. The van der Waals surface area contributed by atoms with Crippen LogP contribution in [-0.4, -0.2) is 44.9 Å². The van der Waals surface area contributed by atoms with E-state index in [1.165, 1.54) is 7.11 Å². The van der Waals surface area contributed by atoms with E-state index < -0.39 is 0 Å². The number of pyridine rings is 1. The van der Waals surface area contributed by atoms with Crippen molar-refractivity contribution >= 4 is 34.4 Å². The molecule has 0 aromatic carbocycles. The van der Waals surface area contributed by atoms with Crippen LogP contribution in [0.15, 0.2) is 41.8 Å². The lowest BCUT2D eigenvalue weighted by atomic mass is 10.1. The maximum absolute atomic E-state index is 5.79. The molecule has 0 aliphatic carbocycles. The molecule has 3 aromatic rings. The van der Waals surface area contributed by atoms with Crippen LogP contribution in [-0.2, 0) is 0 Å². The molecule has 10 heteroatoms. The third-order valence-electron chi connectivity index (χ3n) is 4.39. The zero-order valence-electron chi connectivity index (χ0n) is 16.7. The number of rotatable bonds is 6. The molecule has 0 unspecified atom stereocenters. The predicted molar refractivity (Wildman–Crippen MR) is 114 cm³/mol. The highest BCUT2D eigenvalue weighted by Crippen LogP contribution is 2.35. The Morgan fingerprint density at radius 1 is 1.00 bits per heavy atom. The van der Waals surface area contributed by atoms with Crippen molar-refractivity contribution in [2.75, 3.05) is 25.3 Å². The second-order valence-corrected chi connectivity index (χ2v) is 6.48. The SMILES string of the molecule is COc1cc(Nc2nccc(C3=C(c4cnc(N)c(OC)n4)N=C(C)C3)n2)ccn1. The van der Waals surface area contributed by atoms with Crippen LogP contribution in [0.3, 0.4) is 0 Å². The van der Waals surface area contributed by atoms with E-state index in [9.17, 15) is 0 Å². The van der Waals surface area contributed by atoms with Crippen LogP contribution < -0.4 is 20.5 Å². The number of anilines is 3. The van der Waals surface area contributed by atoms with Crippen molar-refractivity contribution in [1.29, 1.82) is 0 Å². The summed E-state index contributed by atoms with van der Waals surface area (Å²) in [7, 11) is 3.06. The molecule has 3 N–H and O–H groups in total. The summed E-state index contributed by atoms with van der Waals surface area (Å²) in [6.45, 7) is 1.96. The largest absolute Gasteiger partial charge is 0.481 e. The van der Waals surface area contributed by atoms with Gasteiger partial charge in [-0.15, -0.1) is 0 Å². The molecule has 3 aromatic heterocycles. The number of aliphatic imine (C=N–C) groups is 1. The average Bonchev–Trinajstić information content (AvgIpc) is 3.16. The van der Waals surface area contributed by atoms with Crippen molar-refractivity contribution in [1.82, 2.24) is 24.9 Å². The predicted octanol–water partition coefficient (Wildman–Crippen LogP) is 2.74. The van der Waals surface area contributed by atoms with Gasteiger partial charge < -0.3 is 20.5 Å². The van der Waals surface area contributed by atoms with Crippen LogP contribution in [0.1, 0.15) is 24.7 Å². The summed E-state index contributed by atoms with van der Waals surface area (Å²) in [5.41, 5.74) is 10.4. The molecule has 4 heterocycles. The van der Waals surface area contributed by atoms with Gasteiger partial charge in [-0.2, -0.15) is 0 Å². The van der Waals surface area contributed by atoms with Gasteiger partial charge in [0.05, 0.1) is 31.8 Å². The highest BCUT2D eigenvalue weighted by Gasteiger charge is 2.22. The minimum absolute atomic E-state index is 0.225. The third-order valence-corrected chi connectivity index (χ3v) is 4.39. The van der Waals surface area contributed by atoms with Crippen molar-refractivity contribution in [2.45, 2.75) is 13.3 Å². The number of hydrogen-bond acceptors (Lipinski definition) is 10. The number of aromatic nitrogens is 5.